The molecule has 1 aromatic rings. The van der Waals surface area contributed by atoms with Crippen LogP contribution in [0.2, 0.25) is 0 Å². The highest BCUT2D eigenvalue weighted by Gasteiger charge is 2.14. The maximum atomic E-state index is 11.8. The van der Waals surface area contributed by atoms with Gasteiger partial charge in [-0.05, 0) is 19.4 Å². The summed E-state index contributed by atoms with van der Waals surface area (Å²) in [7, 11) is 0. The average Bonchev–Trinajstić information content (AvgIpc) is 2.39. The van der Waals surface area contributed by atoms with Crippen LogP contribution in [0, 0.1) is 0 Å². The average molecular weight is 261 g/mol. The standard InChI is InChI=1S/C15H19NO3/c1-4-19-15(18)11(2)10-14(17)16-12(3)13-8-6-5-7-9-13/h5-9,12H,2,4,10H2,1,3H3,(H,16,17). The molecular formula is C15H19NO3. The van der Waals surface area contributed by atoms with Crippen LogP contribution in [0.5, 0.6) is 0 Å². The van der Waals surface area contributed by atoms with Gasteiger partial charge in [0.25, 0.3) is 0 Å². The molecule has 0 fully saturated rings. The molecule has 102 valence electrons. The molecule has 4 heteroatoms. The molecule has 0 aliphatic carbocycles. The van der Waals surface area contributed by atoms with Gasteiger partial charge in [-0.2, -0.15) is 0 Å². The Morgan fingerprint density at radius 2 is 1.95 bits per heavy atom. The van der Waals surface area contributed by atoms with Gasteiger partial charge in [0.15, 0.2) is 0 Å². The van der Waals surface area contributed by atoms with Crippen LogP contribution in [0.1, 0.15) is 31.9 Å². The lowest BCUT2D eigenvalue weighted by Gasteiger charge is -2.14. The highest BCUT2D eigenvalue weighted by Crippen LogP contribution is 2.12. The topological polar surface area (TPSA) is 55.4 Å². The van der Waals surface area contributed by atoms with E-state index >= 15 is 0 Å². The van der Waals surface area contributed by atoms with E-state index in [1.807, 2.05) is 37.3 Å². The van der Waals surface area contributed by atoms with Crippen molar-refractivity contribution in [1.82, 2.24) is 5.32 Å². The molecule has 0 saturated carbocycles. The van der Waals surface area contributed by atoms with Crippen LogP contribution in [-0.2, 0) is 14.3 Å². The molecule has 0 saturated heterocycles. The zero-order valence-corrected chi connectivity index (χ0v) is 11.3. The number of ether oxygens (including phenoxy) is 1. The van der Waals surface area contributed by atoms with Crippen LogP contribution in [0.25, 0.3) is 0 Å². The van der Waals surface area contributed by atoms with E-state index in [2.05, 4.69) is 11.9 Å². The third kappa shape index (κ3) is 4.95. The Kier molecular flexibility index (Phi) is 5.79. The Morgan fingerprint density at radius 1 is 1.32 bits per heavy atom. The number of amides is 1. The van der Waals surface area contributed by atoms with Crippen molar-refractivity contribution in [2.45, 2.75) is 26.3 Å². The van der Waals surface area contributed by atoms with Crippen LogP contribution in [0.3, 0.4) is 0 Å². The fraction of sp³-hybridized carbons (Fsp3) is 0.333. The van der Waals surface area contributed by atoms with Gasteiger partial charge in [0.05, 0.1) is 19.1 Å². The maximum absolute atomic E-state index is 11.8. The molecule has 0 radical (unpaired) electrons. The summed E-state index contributed by atoms with van der Waals surface area (Å²) in [6.45, 7) is 7.44. The van der Waals surface area contributed by atoms with E-state index in [0.29, 0.717) is 0 Å². The molecule has 1 amide bonds. The Bertz CT molecular complexity index is 454. The lowest BCUT2D eigenvalue weighted by Crippen LogP contribution is -2.27. The summed E-state index contributed by atoms with van der Waals surface area (Å²) in [5.41, 5.74) is 1.18. The van der Waals surface area contributed by atoms with Crippen molar-refractivity contribution in [2.75, 3.05) is 6.61 Å². The summed E-state index contributed by atoms with van der Waals surface area (Å²) in [5, 5.41) is 2.82. The third-order valence-corrected chi connectivity index (χ3v) is 2.62. The first-order valence-corrected chi connectivity index (χ1v) is 6.23. The number of carbonyl (C=O) groups is 2. The maximum Gasteiger partial charge on any atom is 0.333 e. The second kappa shape index (κ2) is 7.36. The van der Waals surface area contributed by atoms with Crippen LogP contribution < -0.4 is 5.32 Å². The SMILES string of the molecule is C=C(CC(=O)NC(C)c1ccccc1)C(=O)OCC. The van der Waals surface area contributed by atoms with Crippen LogP contribution in [-0.4, -0.2) is 18.5 Å². The highest BCUT2D eigenvalue weighted by atomic mass is 16.5. The molecule has 1 aromatic carbocycles. The molecule has 0 heterocycles. The summed E-state index contributed by atoms with van der Waals surface area (Å²) in [4.78, 5) is 23.1. The number of hydrogen-bond donors (Lipinski definition) is 1. The minimum atomic E-state index is -0.523. The van der Waals surface area contributed by atoms with Gasteiger partial charge in [-0.1, -0.05) is 36.9 Å². The second-order valence-corrected chi connectivity index (χ2v) is 4.20. The number of carbonyl (C=O) groups excluding carboxylic acids is 2. The van der Waals surface area contributed by atoms with Gasteiger partial charge < -0.3 is 10.1 Å². The van der Waals surface area contributed by atoms with Gasteiger partial charge >= 0.3 is 5.97 Å². The van der Waals surface area contributed by atoms with Crippen molar-refractivity contribution < 1.29 is 14.3 Å². The predicted molar refractivity (Wildman–Crippen MR) is 73.4 cm³/mol. The molecular weight excluding hydrogens is 242 g/mol. The Labute approximate surface area is 113 Å². The van der Waals surface area contributed by atoms with Gasteiger partial charge in [0.2, 0.25) is 5.91 Å². The molecule has 0 aliphatic rings. The first-order valence-electron chi connectivity index (χ1n) is 6.23. The second-order valence-electron chi connectivity index (χ2n) is 4.20. The van der Waals surface area contributed by atoms with Crippen molar-refractivity contribution >= 4 is 11.9 Å². The summed E-state index contributed by atoms with van der Waals surface area (Å²) in [6.07, 6.45) is -0.0456. The van der Waals surface area contributed by atoms with Crippen LogP contribution in [0.4, 0.5) is 0 Å². The largest absolute Gasteiger partial charge is 0.463 e. The van der Waals surface area contributed by atoms with Crippen molar-refractivity contribution in [3.05, 3.63) is 48.0 Å². The van der Waals surface area contributed by atoms with Gasteiger partial charge in [-0.3, -0.25) is 4.79 Å². The van der Waals surface area contributed by atoms with E-state index in [0.717, 1.165) is 5.56 Å². The number of hydrogen-bond acceptors (Lipinski definition) is 3. The fourth-order valence-electron chi connectivity index (χ4n) is 1.62. The number of nitrogens with one attached hydrogen (secondary N) is 1. The van der Waals surface area contributed by atoms with E-state index in [1.165, 1.54) is 0 Å². The summed E-state index contributed by atoms with van der Waals surface area (Å²) >= 11 is 0. The first kappa shape index (κ1) is 15.0. The zero-order chi connectivity index (χ0) is 14.3. The van der Waals surface area contributed by atoms with E-state index in [4.69, 9.17) is 4.74 Å². The molecule has 1 N–H and O–H groups in total. The summed E-state index contributed by atoms with van der Waals surface area (Å²) < 4.78 is 4.78. The molecule has 0 bridgehead atoms. The number of benzene rings is 1. The van der Waals surface area contributed by atoms with Gasteiger partial charge in [0.1, 0.15) is 0 Å². The fourth-order valence-corrected chi connectivity index (χ4v) is 1.62. The summed E-state index contributed by atoms with van der Waals surface area (Å²) in [5.74, 6) is -0.764. The molecule has 1 atom stereocenters. The van der Waals surface area contributed by atoms with Crippen molar-refractivity contribution in [1.29, 1.82) is 0 Å². The molecule has 1 rings (SSSR count). The molecule has 1 unspecified atom stereocenters. The molecule has 19 heavy (non-hydrogen) atoms. The Balaban J connectivity index is 2.47. The molecule has 4 nitrogen and oxygen atoms in total. The minimum Gasteiger partial charge on any atom is -0.463 e. The monoisotopic (exact) mass is 261 g/mol. The lowest BCUT2D eigenvalue weighted by molar-refractivity contribution is -0.139. The number of rotatable bonds is 6. The van der Waals surface area contributed by atoms with E-state index in [1.54, 1.807) is 6.92 Å². The van der Waals surface area contributed by atoms with Crippen LogP contribution in [0.15, 0.2) is 42.5 Å². The van der Waals surface area contributed by atoms with Crippen LogP contribution >= 0.6 is 0 Å². The quantitative estimate of drug-likeness (QED) is 0.632. The van der Waals surface area contributed by atoms with Gasteiger partial charge in [-0.15, -0.1) is 0 Å². The zero-order valence-electron chi connectivity index (χ0n) is 11.3. The molecule has 0 aromatic heterocycles. The van der Waals surface area contributed by atoms with Gasteiger partial charge in [0, 0.05) is 5.57 Å². The Morgan fingerprint density at radius 3 is 2.53 bits per heavy atom. The predicted octanol–water partition coefficient (Wildman–Crippen LogP) is 2.37. The van der Waals surface area contributed by atoms with Crippen molar-refractivity contribution in [3.63, 3.8) is 0 Å². The highest BCUT2D eigenvalue weighted by molar-refractivity contribution is 5.94. The molecule has 0 aliphatic heterocycles. The van der Waals surface area contributed by atoms with E-state index in [-0.39, 0.29) is 30.5 Å². The normalized spacial score (nSPS) is 11.5. The number of esters is 1. The first-order chi connectivity index (χ1) is 9.04. The van der Waals surface area contributed by atoms with Gasteiger partial charge in [-0.25, -0.2) is 4.79 Å². The van der Waals surface area contributed by atoms with E-state index < -0.39 is 5.97 Å². The Hall–Kier alpha value is -2.10. The summed E-state index contributed by atoms with van der Waals surface area (Å²) in [6, 6.07) is 9.51. The van der Waals surface area contributed by atoms with Crippen molar-refractivity contribution in [2.24, 2.45) is 0 Å². The van der Waals surface area contributed by atoms with E-state index in [9.17, 15) is 9.59 Å². The minimum absolute atomic E-state index is 0.0456. The smallest absolute Gasteiger partial charge is 0.333 e. The van der Waals surface area contributed by atoms with Crippen molar-refractivity contribution in [3.8, 4) is 0 Å². The third-order valence-electron chi connectivity index (χ3n) is 2.62. The lowest BCUT2D eigenvalue weighted by atomic mass is 10.1. The molecule has 0 spiro atoms.